The van der Waals surface area contributed by atoms with Crippen LogP contribution in [0.4, 0.5) is 0 Å². The van der Waals surface area contributed by atoms with Crippen LogP contribution in [0.5, 0.6) is 0 Å². The second kappa shape index (κ2) is 8.30. The lowest BCUT2D eigenvalue weighted by molar-refractivity contribution is -0.124. The van der Waals surface area contributed by atoms with Gasteiger partial charge in [0, 0.05) is 20.2 Å². The summed E-state index contributed by atoms with van der Waals surface area (Å²) in [5.41, 5.74) is 1.17. The maximum Gasteiger partial charge on any atom is 0.234 e. The largest absolute Gasteiger partial charge is 0.381 e. The van der Waals surface area contributed by atoms with Gasteiger partial charge in [-0.25, -0.2) is 0 Å². The van der Waals surface area contributed by atoms with E-state index in [0.717, 1.165) is 25.9 Å². The lowest BCUT2D eigenvalue weighted by Gasteiger charge is -2.31. The van der Waals surface area contributed by atoms with Crippen LogP contribution in [0.15, 0.2) is 30.3 Å². The first-order chi connectivity index (χ1) is 10.6. The summed E-state index contributed by atoms with van der Waals surface area (Å²) in [5.74, 6) is 0.476. The Labute approximate surface area is 133 Å². The molecule has 1 atom stereocenters. The highest BCUT2D eigenvalue weighted by Gasteiger charge is 2.23. The molecule has 1 N–H and O–H groups in total. The van der Waals surface area contributed by atoms with Crippen LogP contribution in [0.3, 0.4) is 0 Å². The predicted molar refractivity (Wildman–Crippen MR) is 88.6 cm³/mol. The standard InChI is InChI=1S/C18H28N2O2/c1-14(2)18(15-7-5-4-6-8-15)19-17(21)13-20-11-9-16(22-3)10-12-20/h4-8,14,16,18H,9-13H2,1-3H3,(H,19,21). The van der Waals surface area contributed by atoms with Crippen molar-refractivity contribution in [3.05, 3.63) is 35.9 Å². The molecule has 4 nitrogen and oxygen atoms in total. The number of nitrogens with one attached hydrogen (secondary N) is 1. The minimum absolute atomic E-state index is 0.0743. The van der Waals surface area contributed by atoms with Crippen LogP contribution in [0.2, 0.25) is 0 Å². The van der Waals surface area contributed by atoms with Crippen LogP contribution in [0.25, 0.3) is 0 Å². The number of rotatable bonds is 6. The van der Waals surface area contributed by atoms with E-state index in [-0.39, 0.29) is 11.9 Å². The van der Waals surface area contributed by atoms with Gasteiger partial charge >= 0.3 is 0 Å². The molecule has 0 spiro atoms. The van der Waals surface area contributed by atoms with Crippen LogP contribution >= 0.6 is 0 Å². The monoisotopic (exact) mass is 304 g/mol. The van der Waals surface area contributed by atoms with Gasteiger partial charge in [0.05, 0.1) is 18.7 Å². The van der Waals surface area contributed by atoms with Crippen molar-refractivity contribution < 1.29 is 9.53 Å². The zero-order chi connectivity index (χ0) is 15.9. The zero-order valence-electron chi connectivity index (χ0n) is 13.9. The predicted octanol–water partition coefficient (Wildman–Crippen LogP) is 2.61. The molecule has 1 aromatic rings. The van der Waals surface area contributed by atoms with Crippen LogP contribution < -0.4 is 5.32 Å². The number of nitrogens with zero attached hydrogens (tertiary/aromatic N) is 1. The molecule has 1 aliphatic rings. The van der Waals surface area contributed by atoms with Crippen LogP contribution in [0, 0.1) is 5.92 Å². The summed E-state index contributed by atoms with van der Waals surface area (Å²) in [4.78, 5) is 14.6. The number of piperidine rings is 1. The SMILES string of the molecule is COC1CCN(CC(=O)NC(c2ccccc2)C(C)C)CC1. The van der Waals surface area contributed by atoms with Gasteiger partial charge in [-0.1, -0.05) is 44.2 Å². The molecular weight excluding hydrogens is 276 g/mol. The molecule has 2 rings (SSSR count). The van der Waals surface area contributed by atoms with Gasteiger partial charge in [-0.2, -0.15) is 0 Å². The molecule has 1 aromatic carbocycles. The third-order valence-electron chi connectivity index (χ3n) is 4.38. The van der Waals surface area contributed by atoms with Gasteiger partial charge in [0.25, 0.3) is 0 Å². The number of benzene rings is 1. The van der Waals surface area contributed by atoms with Crippen LogP contribution in [-0.2, 0) is 9.53 Å². The van der Waals surface area contributed by atoms with E-state index in [4.69, 9.17) is 4.74 Å². The number of hydrogen-bond acceptors (Lipinski definition) is 3. The molecule has 122 valence electrons. The number of methoxy groups -OCH3 is 1. The summed E-state index contributed by atoms with van der Waals surface area (Å²) in [7, 11) is 1.76. The van der Waals surface area contributed by atoms with Crippen molar-refractivity contribution in [3.63, 3.8) is 0 Å². The molecule has 22 heavy (non-hydrogen) atoms. The Balaban J connectivity index is 1.87. The van der Waals surface area contributed by atoms with Crippen molar-refractivity contribution in [3.8, 4) is 0 Å². The van der Waals surface area contributed by atoms with Crippen LogP contribution in [-0.4, -0.2) is 43.7 Å². The molecule has 0 radical (unpaired) electrons. The Morgan fingerprint density at radius 1 is 1.27 bits per heavy atom. The van der Waals surface area contributed by atoms with E-state index in [0.29, 0.717) is 18.6 Å². The molecule has 1 fully saturated rings. The molecule has 0 aliphatic carbocycles. The minimum atomic E-state index is 0.0743. The van der Waals surface area contributed by atoms with E-state index < -0.39 is 0 Å². The van der Waals surface area contributed by atoms with Gasteiger partial charge in [0.2, 0.25) is 5.91 Å². The van der Waals surface area contributed by atoms with Crippen molar-refractivity contribution >= 4 is 5.91 Å². The van der Waals surface area contributed by atoms with E-state index in [1.165, 1.54) is 5.56 Å². The lowest BCUT2D eigenvalue weighted by atomic mass is 9.96. The molecular formula is C18H28N2O2. The summed E-state index contributed by atoms with van der Waals surface area (Å²) in [6.45, 7) is 6.63. The van der Waals surface area contributed by atoms with Crippen molar-refractivity contribution in [2.75, 3.05) is 26.7 Å². The second-order valence-electron chi connectivity index (χ2n) is 6.41. The fourth-order valence-electron chi connectivity index (χ4n) is 3.02. The summed E-state index contributed by atoms with van der Waals surface area (Å²) < 4.78 is 5.37. The van der Waals surface area contributed by atoms with Crippen molar-refractivity contribution in [1.82, 2.24) is 10.2 Å². The minimum Gasteiger partial charge on any atom is -0.381 e. The summed E-state index contributed by atoms with van der Waals surface area (Å²) in [6, 6.07) is 10.3. The fourth-order valence-corrected chi connectivity index (χ4v) is 3.02. The van der Waals surface area contributed by atoms with Gasteiger partial charge in [-0.15, -0.1) is 0 Å². The molecule has 1 amide bonds. The summed E-state index contributed by atoms with van der Waals surface area (Å²) in [6.07, 6.45) is 2.37. The van der Waals surface area contributed by atoms with Gasteiger partial charge in [0.15, 0.2) is 0 Å². The highest BCUT2D eigenvalue weighted by molar-refractivity contribution is 5.78. The topological polar surface area (TPSA) is 41.6 Å². The number of likely N-dealkylation sites (tertiary alicyclic amines) is 1. The molecule has 0 aromatic heterocycles. The maximum absolute atomic E-state index is 12.4. The molecule has 1 saturated heterocycles. The van der Waals surface area contributed by atoms with Gasteiger partial charge in [0.1, 0.15) is 0 Å². The molecule has 1 heterocycles. The smallest absolute Gasteiger partial charge is 0.234 e. The Bertz CT molecular complexity index is 453. The molecule has 4 heteroatoms. The third kappa shape index (κ3) is 4.82. The molecule has 1 aliphatic heterocycles. The van der Waals surface area contributed by atoms with Gasteiger partial charge in [-0.3, -0.25) is 9.69 Å². The third-order valence-corrected chi connectivity index (χ3v) is 4.38. The summed E-state index contributed by atoms with van der Waals surface area (Å²) >= 11 is 0. The van der Waals surface area contributed by atoms with Crippen molar-refractivity contribution in [1.29, 1.82) is 0 Å². The first-order valence-electron chi connectivity index (χ1n) is 8.19. The Kier molecular flexibility index (Phi) is 6.40. The van der Waals surface area contributed by atoms with Gasteiger partial charge in [-0.05, 0) is 24.3 Å². The van der Waals surface area contributed by atoms with Crippen molar-refractivity contribution in [2.24, 2.45) is 5.92 Å². The fraction of sp³-hybridized carbons (Fsp3) is 0.611. The van der Waals surface area contributed by atoms with E-state index >= 15 is 0 Å². The average molecular weight is 304 g/mol. The molecule has 0 saturated carbocycles. The number of ether oxygens (including phenoxy) is 1. The van der Waals surface area contributed by atoms with E-state index in [1.54, 1.807) is 7.11 Å². The van der Waals surface area contributed by atoms with E-state index in [9.17, 15) is 4.79 Å². The second-order valence-corrected chi connectivity index (χ2v) is 6.41. The molecule has 1 unspecified atom stereocenters. The Hall–Kier alpha value is -1.39. The molecule has 0 bridgehead atoms. The normalized spacial score (nSPS) is 18.4. The Morgan fingerprint density at radius 3 is 2.45 bits per heavy atom. The number of amides is 1. The Morgan fingerprint density at radius 2 is 1.91 bits per heavy atom. The highest BCUT2D eigenvalue weighted by atomic mass is 16.5. The first kappa shape index (κ1) is 17.0. The zero-order valence-corrected chi connectivity index (χ0v) is 13.9. The van der Waals surface area contributed by atoms with Gasteiger partial charge < -0.3 is 10.1 Å². The summed E-state index contributed by atoms with van der Waals surface area (Å²) in [5, 5.41) is 3.19. The highest BCUT2D eigenvalue weighted by Crippen LogP contribution is 2.21. The van der Waals surface area contributed by atoms with E-state index in [1.807, 2.05) is 18.2 Å². The average Bonchev–Trinajstić information content (AvgIpc) is 2.54. The van der Waals surface area contributed by atoms with E-state index in [2.05, 4.69) is 36.2 Å². The van der Waals surface area contributed by atoms with Crippen molar-refractivity contribution in [2.45, 2.75) is 38.8 Å². The number of hydrogen-bond donors (Lipinski definition) is 1. The van der Waals surface area contributed by atoms with Crippen LogP contribution in [0.1, 0.15) is 38.3 Å². The first-order valence-corrected chi connectivity index (χ1v) is 8.19. The maximum atomic E-state index is 12.4. The lowest BCUT2D eigenvalue weighted by Crippen LogP contribution is -2.44. The number of carbonyl (C=O) groups excluding carboxylic acids is 1. The quantitative estimate of drug-likeness (QED) is 0.878. The number of carbonyl (C=O) groups is 1.